The normalized spacial score (nSPS) is 16.1. The number of carbonyl (C=O) groups is 1. The quantitative estimate of drug-likeness (QED) is 0.787. The lowest BCUT2D eigenvalue weighted by atomic mass is 10.1. The highest BCUT2D eigenvalue weighted by molar-refractivity contribution is 7.89. The van der Waals surface area contributed by atoms with Gasteiger partial charge in [-0.1, -0.05) is 17.7 Å². The molecule has 0 spiro atoms. The van der Waals surface area contributed by atoms with Crippen LogP contribution < -0.4 is 5.73 Å². The number of amides is 1. The minimum absolute atomic E-state index is 0.0653. The summed E-state index contributed by atoms with van der Waals surface area (Å²) >= 11 is 5.72. The number of nitrogen functional groups attached to an aromatic ring is 1. The molecule has 1 heterocycles. The second-order valence-electron chi connectivity index (χ2n) is 6.25. The number of anilines is 1. The van der Waals surface area contributed by atoms with Crippen molar-refractivity contribution in [3.8, 4) is 0 Å². The van der Waals surface area contributed by atoms with E-state index in [1.807, 2.05) is 0 Å². The van der Waals surface area contributed by atoms with Gasteiger partial charge in [0.15, 0.2) is 0 Å². The van der Waals surface area contributed by atoms with Gasteiger partial charge in [0.1, 0.15) is 5.82 Å². The van der Waals surface area contributed by atoms with Crippen molar-refractivity contribution in [2.24, 2.45) is 0 Å². The lowest BCUT2D eigenvalue weighted by Crippen LogP contribution is -2.37. The van der Waals surface area contributed by atoms with E-state index in [0.717, 1.165) is 12.1 Å². The van der Waals surface area contributed by atoms with Gasteiger partial charge in [-0.05, 0) is 42.8 Å². The molecular weight excluding hydrogens is 393 g/mol. The Bertz CT molecular complexity index is 968. The Morgan fingerprint density at radius 1 is 1.07 bits per heavy atom. The van der Waals surface area contributed by atoms with Crippen molar-refractivity contribution >= 4 is 33.2 Å². The highest BCUT2D eigenvalue weighted by Gasteiger charge is 2.29. The van der Waals surface area contributed by atoms with Crippen molar-refractivity contribution in [1.82, 2.24) is 9.21 Å². The summed E-state index contributed by atoms with van der Waals surface area (Å²) in [6.07, 6.45) is 0.488. The van der Waals surface area contributed by atoms with Crippen molar-refractivity contribution < 1.29 is 17.6 Å². The summed E-state index contributed by atoms with van der Waals surface area (Å²) in [4.78, 5) is 14.2. The van der Waals surface area contributed by atoms with Crippen molar-refractivity contribution in [1.29, 1.82) is 0 Å². The zero-order chi connectivity index (χ0) is 19.6. The number of hydrogen-bond donors (Lipinski definition) is 1. The first-order valence-corrected chi connectivity index (χ1v) is 10.2. The van der Waals surface area contributed by atoms with E-state index in [-0.39, 0.29) is 35.5 Å². The molecule has 1 fully saturated rings. The lowest BCUT2D eigenvalue weighted by molar-refractivity contribution is 0.0764. The van der Waals surface area contributed by atoms with Gasteiger partial charge in [0.25, 0.3) is 5.91 Å². The Kier molecular flexibility index (Phi) is 5.69. The van der Waals surface area contributed by atoms with Crippen molar-refractivity contribution in [3.05, 3.63) is 58.9 Å². The second kappa shape index (κ2) is 7.84. The fourth-order valence-corrected chi connectivity index (χ4v) is 4.72. The van der Waals surface area contributed by atoms with Crippen LogP contribution in [0.2, 0.25) is 5.02 Å². The minimum Gasteiger partial charge on any atom is -0.399 e. The summed E-state index contributed by atoms with van der Waals surface area (Å²) in [5, 5.41) is -0.246. The highest BCUT2D eigenvalue weighted by Crippen LogP contribution is 2.23. The van der Waals surface area contributed by atoms with E-state index >= 15 is 0 Å². The van der Waals surface area contributed by atoms with Gasteiger partial charge in [0, 0.05) is 37.4 Å². The summed E-state index contributed by atoms with van der Waals surface area (Å²) in [5.41, 5.74) is 6.69. The maximum atomic E-state index is 13.3. The Labute approximate surface area is 162 Å². The van der Waals surface area contributed by atoms with Gasteiger partial charge in [-0.2, -0.15) is 4.31 Å². The molecule has 2 aromatic carbocycles. The van der Waals surface area contributed by atoms with Crippen LogP contribution in [0.3, 0.4) is 0 Å². The van der Waals surface area contributed by atoms with E-state index in [9.17, 15) is 17.6 Å². The first kappa shape index (κ1) is 19.6. The molecule has 0 saturated carbocycles. The topological polar surface area (TPSA) is 83.7 Å². The molecule has 1 aliphatic heterocycles. The molecule has 1 amide bonds. The molecule has 3 rings (SSSR count). The predicted octanol–water partition coefficient (Wildman–Crippen LogP) is 2.60. The number of rotatable bonds is 3. The molecule has 9 heteroatoms. The molecule has 144 valence electrons. The van der Waals surface area contributed by atoms with Gasteiger partial charge >= 0.3 is 0 Å². The van der Waals surface area contributed by atoms with Crippen LogP contribution in [0.25, 0.3) is 0 Å². The Morgan fingerprint density at radius 2 is 1.85 bits per heavy atom. The van der Waals surface area contributed by atoms with E-state index < -0.39 is 15.8 Å². The average Bonchev–Trinajstić information content (AvgIpc) is 2.90. The number of carbonyl (C=O) groups excluding carboxylic acids is 1. The third kappa shape index (κ3) is 4.23. The molecule has 0 unspecified atom stereocenters. The molecule has 2 N–H and O–H groups in total. The van der Waals surface area contributed by atoms with E-state index in [1.54, 1.807) is 29.2 Å². The Morgan fingerprint density at radius 3 is 2.56 bits per heavy atom. The molecule has 0 atom stereocenters. The lowest BCUT2D eigenvalue weighted by Gasteiger charge is -2.22. The van der Waals surface area contributed by atoms with Crippen LogP contribution in [0.4, 0.5) is 10.1 Å². The molecule has 0 aliphatic carbocycles. The Balaban J connectivity index is 1.76. The fraction of sp³-hybridized carbons (Fsp3) is 0.278. The predicted molar refractivity (Wildman–Crippen MR) is 102 cm³/mol. The molecule has 2 aromatic rings. The van der Waals surface area contributed by atoms with Crippen LogP contribution >= 0.6 is 11.6 Å². The molecule has 27 heavy (non-hydrogen) atoms. The number of hydrogen-bond acceptors (Lipinski definition) is 4. The highest BCUT2D eigenvalue weighted by atomic mass is 35.5. The maximum absolute atomic E-state index is 13.3. The van der Waals surface area contributed by atoms with Crippen LogP contribution in [0, 0.1) is 5.82 Å². The van der Waals surface area contributed by atoms with Crippen molar-refractivity contribution in [3.63, 3.8) is 0 Å². The van der Waals surface area contributed by atoms with E-state index in [4.69, 9.17) is 17.3 Å². The SMILES string of the molecule is Nc1cccc(C(=O)N2CCCN(S(=O)(=O)c3ccc(F)c(Cl)c3)CC2)c1. The largest absolute Gasteiger partial charge is 0.399 e. The minimum atomic E-state index is -3.82. The van der Waals surface area contributed by atoms with E-state index in [2.05, 4.69) is 0 Å². The number of nitrogens with zero attached hydrogens (tertiary/aromatic N) is 2. The second-order valence-corrected chi connectivity index (χ2v) is 8.60. The first-order chi connectivity index (χ1) is 12.8. The zero-order valence-electron chi connectivity index (χ0n) is 14.4. The Hall–Kier alpha value is -2.16. The van der Waals surface area contributed by atoms with Gasteiger partial charge in [0.05, 0.1) is 9.92 Å². The van der Waals surface area contributed by atoms with Crippen molar-refractivity contribution in [2.75, 3.05) is 31.9 Å². The molecule has 0 aromatic heterocycles. The summed E-state index contributed by atoms with van der Waals surface area (Å²) in [5.74, 6) is -0.864. The van der Waals surface area contributed by atoms with Crippen LogP contribution in [0.1, 0.15) is 16.8 Å². The molecular formula is C18H19ClFN3O3S. The number of benzene rings is 2. The average molecular weight is 412 g/mol. The molecule has 1 aliphatic rings. The molecule has 0 radical (unpaired) electrons. The van der Waals surface area contributed by atoms with Gasteiger partial charge < -0.3 is 10.6 Å². The van der Waals surface area contributed by atoms with E-state index in [0.29, 0.717) is 24.2 Å². The van der Waals surface area contributed by atoms with Crippen LogP contribution in [-0.2, 0) is 10.0 Å². The monoisotopic (exact) mass is 411 g/mol. The van der Waals surface area contributed by atoms with Gasteiger partial charge in [-0.15, -0.1) is 0 Å². The third-order valence-electron chi connectivity index (χ3n) is 4.40. The molecule has 6 nitrogen and oxygen atoms in total. The number of nitrogens with two attached hydrogens (primary N) is 1. The molecule has 1 saturated heterocycles. The first-order valence-electron chi connectivity index (χ1n) is 8.39. The number of halogens is 2. The van der Waals surface area contributed by atoms with E-state index in [1.165, 1.54) is 10.4 Å². The zero-order valence-corrected chi connectivity index (χ0v) is 16.0. The maximum Gasteiger partial charge on any atom is 0.253 e. The number of sulfonamides is 1. The summed E-state index contributed by atoms with van der Waals surface area (Å²) < 4.78 is 40.3. The van der Waals surface area contributed by atoms with Crippen LogP contribution in [-0.4, -0.2) is 49.7 Å². The fourth-order valence-electron chi connectivity index (χ4n) is 2.98. The smallest absolute Gasteiger partial charge is 0.253 e. The van der Waals surface area contributed by atoms with Crippen LogP contribution in [0.5, 0.6) is 0 Å². The summed E-state index contributed by atoms with van der Waals surface area (Å²) in [7, 11) is -3.82. The standard InChI is InChI=1S/C18H19ClFN3O3S/c19-16-12-15(5-6-17(16)20)27(25,26)23-8-2-7-22(9-10-23)18(24)13-3-1-4-14(21)11-13/h1,3-6,11-12H,2,7-10,21H2. The van der Waals surface area contributed by atoms with Gasteiger partial charge in [-0.25, -0.2) is 12.8 Å². The van der Waals surface area contributed by atoms with Crippen LogP contribution in [0.15, 0.2) is 47.4 Å². The summed E-state index contributed by atoms with van der Waals surface area (Å²) in [6.45, 7) is 1.09. The van der Waals surface area contributed by atoms with Crippen molar-refractivity contribution in [2.45, 2.75) is 11.3 Å². The molecule has 0 bridgehead atoms. The summed E-state index contributed by atoms with van der Waals surface area (Å²) in [6, 6.07) is 10.0. The third-order valence-corrected chi connectivity index (χ3v) is 6.59. The van der Waals surface area contributed by atoms with Gasteiger partial charge in [-0.3, -0.25) is 4.79 Å². The van der Waals surface area contributed by atoms with Gasteiger partial charge in [0.2, 0.25) is 10.0 Å².